The maximum atomic E-state index is 12.9. The number of rotatable bonds is 2. The van der Waals surface area contributed by atoms with E-state index < -0.39 is 0 Å². The third-order valence-electron chi connectivity index (χ3n) is 4.42. The minimum atomic E-state index is 0.105. The number of likely N-dealkylation sites (tertiary alicyclic amines) is 1. The Hall–Kier alpha value is -2.21. The zero-order valence-corrected chi connectivity index (χ0v) is 13.8. The standard InChI is InChI=1S/C17H18N4OS/c1-11-19-20-16(23-11)12-5-4-8-21(10-12)17(22)14-9-18-15-7-3-2-6-13(14)15/h2-3,6-7,9,12,18H,4-5,8,10H2,1H3/t12-/m1/s1. The van der Waals surface area contributed by atoms with Gasteiger partial charge in [0.1, 0.15) is 10.0 Å². The van der Waals surface area contributed by atoms with Gasteiger partial charge < -0.3 is 9.88 Å². The second-order valence-corrected chi connectivity index (χ2v) is 7.21. The van der Waals surface area contributed by atoms with Crippen molar-refractivity contribution < 1.29 is 4.79 Å². The molecule has 3 heterocycles. The molecule has 2 aromatic heterocycles. The highest BCUT2D eigenvalue weighted by atomic mass is 32.1. The summed E-state index contributed by atoms with van der Waals surface area (Å²) in [5.41, 5.74) is 1.76. The fraction of sp³-hybridized carbons (Fsp3) is 0.353. The zero-order chi connectivity index (χ0) is 15.8. The van der Waals surface area contributed by atoms with Crippen molar-refractivity contribution in [3.8, 4) is 0 Å². The number of hydrogen-bond donors (Lipinski definition) is 1. The number of aromatic nitrogens is 3. The highest BCUT2D eigenvalue weighted by Gasteiger charge is 2.28. The molecule has 0 radical (unpaired) electrons. The molecule has 1 aliphatic rings. The molecule has 0 spiro atoms. The molecule has 23 heavy (non-hydrogen) atoms. The smallest absolute Gasteiger partial charge is 0.256 e. The van der Waals surface area contributed by atoms with E-state index in [4.69, 9.17) is 0 Å². The number of piperidine rings is 1. The molecule has 6 heteroatoms. The average Bonchev–Trinajstić information content (AvgIpc) is 3.20. The Morgan fingerprint density at radius 3 is 3.04 bits per heavy atom. The van der Waals surface area contributed by atoms with Crippen LogP contribution in [0.1, 0.15) is 39.1 Å². The lowest BCUT2D eigenvalue weighted by molar-refractivity contribution is 0.0709. The summed E-state index contributed by atoms with van der Waals surface area (Å²) < 4.78 is 0. The fourth-order valence-electron chi connectivity index (χ4n) is 3.26. The molecule has 1 aromatic carbocycles. The number of para-hydroxylation sites is 1. The van der Waals surface area contributed by atoms with Crippen molar-refractivity contribution in [3.63, 3.8) is 0 Å². The van der Waals surface area contributed by atoms with E-state index in [1.165, 1.54) is 0 Å². The molecule has 1 N–H and O–H groups in total. The maximum Gasteiger partial charge on any atom is 0.256 e. The van der Waals surface area contributed by atoms with Gasteiger partial charge in [-0.2, -0.15) is 0 Å². The fourth-order valence-corrected chi connectivity index (χ4v) is 4.08. The largest absolute Gasteiger partial charge is 0.360 e. The van der Waals surface area contributed by atoms with Crippen LogP contribution in [0.3, 0.4) is 0 Å². The Balaban J connectivity index is 1.58. The summed E-state index contributed by atoms with van der Waals surface area (Å²) in [6, 6.07) is 7.93. The lowest BCUT2D eigenvalue weighted by atomic mass is 9.98. The molecular weight excluding hydrogens is 308 g/mol. The first-order valence-corrected chi connectivity index (χ1v) is 8.69. The minimum absolute atomic E-state index is 0.105. The van der Waals surface area contributed by atoms with Gasteiger partial charge in [-0.1, -0.05) is 18.2 Å². The van der Waals surface area contributed by atoms with Gasteiger partial charge in [0, 0.05) is 36.1 Å². The Bertz CT molecular complexity index is 853. The molecule has 0 unspecified atom stereocenters. The van der Waals surface area contributed by atoms with E-state index in [0.717, 1.165) is 52.4 Å². The average molecular weight is 326 g/mol. The second kappa shape index (κ2) is 5.77. The van der Waals surface area contributed by atoms with Crippen molar-refractivity contribution in [1.82, 2.24) is 20.1 Å². The molecule has 0 aliphatic carbocycles. The first kappa shape index (κ1) is 14.4. The summed E-state index contributed by atoms with van der Waals surface area (Å²) in [4.78, 5) is 18.1. The lowest BCUT2D eigenvalue weighted by Gasteiger charge is -2.31. The summed E-state index contributed by atoms with van der Waals surface area (Å²) in [5.74, 6) is 0.414. The van der Waals surface area contributed by atoms with Crippen molar-refractivity contribution in [2.45, 2.75) is 25.7 Å². The number of carbonyl (C=O) groups excluding carboxylic acids is 1. The van der Waals surface area contributed by atoms with Gasteiger partial charge in [0.05, 0.1) is 5.56 Å². The van der Waals surface area contributed by atoms with Crippen molar-refractivity contribution >= 4 is 28.1 Å². The molecule has 5 nitrogen and oxygen atoms in total. The number of aryl methyl sites for hydroxylation is 1. The van der Waals surface area contributed by atoms with Crippen LogP contribution in [0.5, 0.6) is 0 Å². The van der Waals surface area contributed by atoms with E-state index in [1.807, 2.05) is 42.3 Å². The van der Waals surface area contributed by atoms with Crippen molar-refractivity contribution in [3.05, 3.63) is 46.0 Å². The number of hydrogen-bond acceptors (Lipinski definition) is 4. The monoisotopic (exact) mass is 326 g/mol. The molecule has 1 aliphatic heterocycles. The highest BCUT2D eigenvalue weighted by molar-refractivity contribution is 7.11. The molecule has 1 atom stereocenters. The van der Waals surface area contributed by atoms with E-state index in [-0.39, 0.29) is 5.91 Å². The van der Waals surface area contributed by atoms with Gasteiger partial charge >= 0.3 is 0 Å². The van der Waals surface area contributed by atoms with Crippen molar-refractivity contribution in [2.24, 2.45) is 0 Å². The topological polar surface area (TPSA) is 61.9 Å². The number of carbonyl (C=O) groups is 1. The molecule has 1 fully saturated rings. The van der Waals surface area contributed by atoms with Crippen LogP contribution in [0.4, 0.5) is 0 Å². The number of benzene rings is 1. The van der Waals surface area contributed by atoms with Crippen molar-refractivity contribution in [1.29, 1.82) is 0 Å². The van der Waals surface area contributed by atoms with Crippen molar-refractivity contribution in [2.75, 3.05) is 13.1 Å². The number of nitrogens with one attached hydrogen (secondary N) is 1. The normalized spacial score (nSPS) is 18.5. The van der Waals surface area contributed by atoms with Crippen LogP contribution in [0, 0.1) is 6.92 Å². The third kappa shape index (κ3) is 2.63. The summed E-state index contributed by atoms with van der Waals surface area (Å²) in [6.07, 6.45) is 3.91. The summed E-state index contributed by atoms with van der Waals surface area (Å²) in [5, 5.41) is 11.4. The van der Waals surface area contributed by atoms with Gasteiger partial charge in [-0.25, -0.2) is 0 Å². The first-order chi connectivity index (χ1) is 11.2. The minimum Gasteiger partial charge on any atom is -0.360 e. The van der Waals surface area contributed by atoms with E-state index in [9.17, 15) is 4.79 Å². The van der Waals surface area contributed by atoms with E-state index in [2.05, 4.69) is 15.2 Å². The van der Waals surface area contributed by atoms with Gasteiger partial charge in [-0.3, -0.25) is 4.79 Å². The van der Waals surface area contributed by atoms with Gasteiger partial charge in [0.25, 0.3) is 5.91 Å². The van der Waals surface area contributed by atoms with Crippen LogP contribution in [0.25, 0.3) is 10.9 Å². The predicted octanol–water partition coefficient (Wildman–Crippen LogP) is 3.35. The lowest BCUT2D eigenvalue weighted by Crippen LogP contribution is -2.39. The van der Waals surface area contributed by atoms with E-state index >= 15 is 0 Å². The molecule has 1 saturated heterocycles. The van der Waals surface area contributed by atoms with Gasteiger partial charge in [-0.15, -0.1) is 21.5 Å². The second-order valence-electron chi connectivity index (χ2n) is 6.00. The van der Waals surface area contributed by atoms with E-state index in [0.29, 0.717) is 5.92 Å². The molecular formula is C17H18N4OS. The molecule has 3 aromatic rings. The molecule has 118 valence electrons. The number of H-pyrrole nitrogens is 1. The van der Waals surface area contributed by atoms with Crippen LogP contribution in [-0.4, -0.2) is 39.1 Å². The van der Waals surface area contributed by atoms with Gasteiger partial charge in [0.2, 0.25) is 0 Å². The van der Waals surface area contributed by atoms with Crippen LogP contribution < -0.4 is 0 Å². The Morgan fingerprint density at radius 1 is 1.35 bits per heavy atom. The number of nitrogens with zero attached hydrogens (tertiary/aromatic N) is 3. The summed E-state index contributed by atoms with van der Waals surface area (Å²) in [7, 11) is 0. The summed E-state index contributed by atoms with van der Waals surface area (Å²) in [6.45, 7) is 3.51. The van der Waals surface area contributed by atoms with Gasteiger partial charge in [0.15, 0.2) is 0 Å². The van der Waals surface area contributed by atoms with E-state index in [1.54, 1.807) is 11.3 Å². The Labute approximate surface area is 138 Å². The maximum absolute atomic E-state index is 12.9. The first-order valence-electron chi connectivity index (χ1n) is 7.88. The van der Waals surface area contributed by atoms with Crippen LogP contribution in [0.2, 0.25) is 0 Å². The SMILES string of the molecule is Cc1nnc([C@@H]2CCCN(C(=O)c3c[nH]c4ccccc34)C2)s1. The zero-order valence-electron chi connectivity index (χ0n) is 13.0. The highest BCUT2D eigenvalue weighted by Crippen LogP contribution is 2.30. The number of amides is 1. The quantitative estimate of drug-likeness (QED) is 0.785. The number of aromatic amines is 1. The molecule has 1 amide bonds. The van der Waals surface area contributed by atoms with Gasteiger partial charge in [-0.05, 0) is 25.8 Å². The Kier molecular flexibility index (Phi) is 3.61. The third-order valence-corrected chi connectivity index (χ3v) is 5.42. The molecule has 0 saturated carbocycles. The number of fused-ring (bicyclic) bond motifs is 1. The predicted molar refractivity (Wildman–Crippen MR) is 90.8 cm³/mol. The van der Waals surface area contributed by atoms with Crippen LogP contribution >= 0.6 is 11.3 Å². The molecule has 0 bridgehead atoms. The van der Waals surface area contributed by atoms with Crippen LogP contribution in [0.15, 0.2) is 30.5 Å². The Morgan fingerprint density at radius 2 is 2.22 bits per heavy atom. The molecule has 4 rings (SSSR count). The summed E-state index contributed by atoms with van der Waals surface area (Å²) >= 11 is 1.64. The van der Waals surface area contributed by atoms with Crippen LogP contribution in [-0.2, 0) is 0 Å².